The topological polar surface area (TPSA) is 143 Å². The number of nitrogens with one attached hydrogen (secondary N) is 3. The first-order chi connectivity index (χ1) is 17.0. The maximum Gasteiger partial charge on any atom is 0.407 e. The molecule has 1 aliphatic carbocycles. The zero-order chi connectivity index (χ0) is 24.8. The van der Waals surface area contributed by atoms with Gasteiger partial charge in [0.15, 0.2) is 6.04 Å². The molecule has 0 radical (unpaired) electrons. The van der Waals surface area contributed by atoms with Gasteiger partial charge in [-0.2, -0.15) is 0 Å². The summed E-state index contributed by atoms with van der Waals surface area (Å²) in [6.45, 7) is -0.136. The van der Waals surface area contributed by atoms with Crippen molar-refractivity contribution in [2.24, 2.45) is 0 Å². The van der Waals surface area contributed by atoms with Gasteiger partial charge in [0.05, 0.1) is 12.9 Å². The maximum atomic E-state index is 12.8. The van der Waals surface area contributed by atoms with Crippen molar-refractivity contribution in [1.29, 1.82) is 0 Å². The third kappa shape index (κ3) is 5.49. The molecular formula is C25H26N4O6. The summed E-state index contributed by atoms with van der Waals surface area (Å²) in [4.78, 5) is 43.8. The van der Waals surface area contributed by atoms with E-state index in [1.807, 2.05) is 48.5 Å². The number of carboxylic acids is 1. The minimum absolute atomic E-state index is 0.0648. The van der Waals surface area contributed by atoms with Crippen LogP contribution in [0.15, 0.2) is 61.1 Å². The van der Waals surface area contributed by atoms with Gasteiger partial charge < -0.3 is 30.2 Å². The summed E-state index contributed by atoms with van der Waals surface area (Å²) in [6.07, 6.45) is 2.24. The summed E-state index contributed by atoms with van der Waals surface area (Å²) in [5.41, 5.74) is 4.93. The monoisotopic (exact) mass is 478 g/mol. The number of carbonyl (C=O) groups is 3. The zero-order valence-corrected chi connectivity index (χ0v) is 19.1. The van der Waals surface area contributed by atoms with Crippen LogP contribution in [0.4, 0.5) is 4.79 Å². The van der Waals surface area contributed by atoms with E-state index in [2.05, 4.69) is 20.6 Å². The number of amides is 2. The smallest absolute Gasteiger partial charge is 0.407 e. The summed E-state index contributed by atoms with van der Waals surface area (Å²) in [7, 11) is 1.33. The van der Waals surface area contributed by atoms with Crippen molar-refractivity contribution >= 4 is 18.0 Å². The predicted octanol–water partition coefficient (Wildman–Crippen LogP) is 2.08. The average molecular weight is 479 g/mol. The fourth-order valence-electron chi connectivity index (χ4n) is 4.22. The molecule has 182 valence electrons. The Balaban J connectivity index is 1.44. The quantitative estimate of drug-likeness (QED) is 0.349. The van der Waals surface area contributed by atoms with Crippen molar-refractivity contribution in [2.45, 2.75) is 24.4 Å². The lowest BCUT2D eigenvalue weighted by Crippen LogP contribution is -2.53. The molecule has 4 rings (SSSR count). The lowest BCUT2D eigenvalue weighted by Gasteiger charge is -2.21. The Kier molecular flexibility index (Phi) is 7.41. The summed E-state index contributed by atoms with van der Waals surface area (Å²) in [5.74, 6) is -2.06. The molecule has 1 aromatic heterocycles. The number of rotatable bonds is 10. The van der Waals surface area contributed by atoms with E-state index in [9.17, 15) is 19.5 Å². The van der Waals surface area contributed by atoms with Crippen LogP contribution in [-0.2, 0) is 25.5 Å². The van der Waals surface area contributed by atoms with E-state index >= 15 is 0 Å². The van der Waals surface area contributed by atoms with E-state index < -0.39 is 30.1 Å². The van der Waals surface area contributed by atoms with E-state index in [-0.39, 0.29) is 25.6 Å². The Morgan fingerprint density at radius 3 is 2.26 bits per heavy atom. The largest absolute Gasteiger partial charge is 0.480 e. The molecule has 4 N–H and O–H groups in total. The Hall–Kier alpha value is -4.18. The summed E-state index contributed by atoms with van der Waals surface area (Å²) in [5, 5.41) is 14.3. The van der Waals surface area contributed by atoms with Crippen LogP contribution in [0.2, 0.25) is 0 Å². The molecule has 0 bridgehead atoms. The number of carboxylic acid groups (broad SMARTS) is 1. The number of methoxy groups -OCH3 is 1. The molecule has 10 nitrogen and oxygen atoms in total. The normalized spacial score (nSPS) is 13.9. The van der Waals surface area contributed by atoms with Crippen molar-refractivity contribution in [2.75, 3.05) is 20.3 Å². The minimum atomic E-state index is -1.26. The highest BCUT2D eigenvalue weighted by molar-refractivity contribution is 5.89. The molecule has 35 heavy (non-hydrogen) atoms. The van der Waals surface area contributed by atoms with E-state index in [1.165, 1.54) is 19.6 Å². The molecule has 0 fully saturated rings. The van der Waals surface area contributed by atoms with Crippen LogP contribution in [-0.4, -0.2) is 65.5 Å². The second-order valence-corrected chi connectivity index (χ2v) is 8.16. The van der Waals surface area contributed by atoms with Crippen LogP contribution in [0, 0.1) is 0 Å². The lowest BCUT2D eigenvalue weighted by atomic mass is 9.98. The minimum Gasteiger partial charge on any atom is -0.480 e. The van der Waals surface area contributed by atoms with Crippen molar-refractivity contribution in [3.63, 3.8) is 0 Å². The standard InChI is InChI=1S/C25H26N4O6/c1-34-13-22(24(31)32)28-23(30)21(10-15-11-26-14-27-15)29-25(33)35-12-20-18-8-4-2-6-16(18)17-7-3-5-9-19(17)20/h2-9,11,14,20-22H,10,12-13H2,1H3,(H,26,27)(H,28,30)(H,29,33)(H,31,32)/t21?,22-/m0/s1. The number of H-pyrrole nitrogens is 1. The number of fused-ring (bicyclic) bond motifs is 3. The number of hydrogen-bond donors (Lipinski definition) is 4. The number of alkyl carbamates (subject to hydrolysis) is 1. The van der Waals surface area contributed by atoms with Crippen LogP contribution in [0.5, 0.6) is 0 Å². The van der Waals surface area contributed by atoms with Crippen molar-refractivity contribution in [3.8, 4) is 11.1 Å². The fourth-order valence-corrected chi connectivity index (χ4v) is 4.22. The maximum absolute atomic E-state index is 12.8. The molecule has 0 saturated heterocycles. The first kappa shape index (κ1) is 24.0. The highest BCUT2D eigenvalue weighted by Crippen LogP contribution is 2.44. The van der Waals surface area contributed by atoms with Gasteiger partial charge in [0, 0.05) is 31.3 Å². The Bertz CT molecular complexity index is 1150. The molecule has 0 saturated carbocycles. The average Bonchev–Trinajstić information content (AvgIpc) is 3.48. The summed E-state index contributed by atoms with van der Waals surface area (Å²) < 4.78 is 10.4. The fraction of sp³-hybridized carbons (Fsp3) is 0.280. The van der Waals surface area contributed by atoms with Crippen molar-refractivity contribution in [3.05, 3.63) is 77.9 Å². The van der Waals surface area contributed by atoms with Gasteiger partial charge in [-0.15, -0.1) is 0 Å². The number of aliphatic carboxylic acids is 1. The number of carbonyl (C=O) groups excluding carboxylic acids is 2. The summed E-state index contributed by atoms with van der Waals surface area (Å²) >= 11 is 0. The van der Waals surface area contributed by atoms with E-state index in [0.717, 1.165) is 22.3 Å². The molecule has 10 heteroatoms. The molecule has 1 heterocycles. The number of hydrogen-bond acceptors (Lipinski definition) is 6. The Labute approximate surface area is 201 Å². The molecular weight excluding hydrogens is 452 g/mol. The second-order valence-electron chi connectivity index (χ2n) is 8.16. The Morgan fingerprint density at radius 2 is 1.69 bits per heavy atom. The van der Waals surface area contributed by atoms with Crippen molar-refractivity contribution < 1.29 is 29.0 Å². The number of benzene rings is 2. The van der Waals surface area contributed by atoms with Gasteiger partial charge in [0.25, 0.3) is 0 Å². The van der Waals surface area contributed by atoms with Crippen molar-refractivity contribution in [1.82, 2.24) is 20.6 Å². The van der Waals surface area contributed by atoms with Gasteiger partial charge in [-0.25, -0.2) is 14.6 Å². The van der Waals surface area contributed by atoms with Gasteiger partial charge >= 0.3 is 12.1 Å². The molecule has 2 aromatic carbocycles. The van der Waals surface area contributed by atoms with Gasteiger partial charge in [0.2, 0.25) is 5.91 Å². The molecule has 1 aliphatic rings. The van der Waals surface area contributed by atoms with Gasteiger partial charge in [-0.05, 0) is 22.3 Å². The molecule has 0 aliphatic heterocycles. The van der Waals surface area contributed by atoms with E-state index in [1.54, 1.807) is 0 Å². The first-order valence-corrected chi connectivity index (χ1v) is 11.1. The molecule has 1 unspecified atom stereocenters. The number of aromatic amines is 1. The van der Waals surface area contributed by atoms with E-state index in [0.29, 0.717) is 5.69 Å². The van der Waals surface area contributed by atoms with Gasteiger partial charge in [0.1, 0.15) is 12.6 Å². The first-order valence-electron chi connectivity index (χ1n) is 11.1. The van der Waals surface area contributed by atoms with E-state index in [4.69, 9.17) is 9.47 Å². The number of nitrogens with zero attached hydrogens (tertiary/aromatic N) is 1. The Morgan fingerprint density at radius 1 is 1.03 bits per heavy atom. The van der Waals surface area contributed by atoms with Crippen LogP contribution in [0.1, 0.15) is 22.7 Å². The SMILES string of the molecule is COC[C@H](NC(=O)C(Cc1cnc[nH]1)NC(=O)OCC1c2ccccc2-c2ccccc21)C(=O)O. The van der Waals surface area contributed by atoms with Crippen LogP contribution < -0.4 is 10.6 Å². The molecule has 3 aromatic rings. The summed E-state index contributed by atoms with van der Waals surface area (Å²) in [6, 6.07) is 13.6. The molecule has 2 amide bonds. The molecule has 2 atom stereocenters. The van der Waals surface area contributed by atoms with Gasteiger partial charge in [-0.3, -0.25) is 4.79 Å². The van der Waals surface area contributed by atoms with Crippen LogP contribution in [0.3, 0.4) is 0 Å². The highest BCUT2D eigenvalue weighted by atomic mass is 16.5. The molecule has 0 spiro atoms. The third-order valence-corrected chi connectivity index (χ3v) is 5.88. The van der Waals surface area contributed by atoms with Crippen LogP contribution in [0.25, 0.3) is 11.1 Å². The number of ether oxygens (including phenoxy) is 2. The third-order valence-electron chi connectivity index (χ3n) is 5.88. The number of aromatic nitrogens is 2. The predicted molar refractivity (Wildman–Crippen MR) is 126 cm³/mol. The number of imidazole rings is 1. The lowest BCUT2D eigenvalue weighted by molar-refractivity contribution is -0.143. The van der Waals surface area contributed by atoms with Crippen LogP contribution >= 0.6 is 0 Å². The second kappa shape index (κ2) is 10.8. The highest BCUT2D eigenvalue weighted by Gasteiger charge is 2.31. The van der Waals surface area contributed by atoms with Gasteiger partial charge in [-0.1, -0.05) is 48.5 Å². The zero-order valence-electron chi connectivity index (χ0n) is 19.1.